The maximum absolute atomic E-state index is 12.9. The molecule has 0 unspecified atom stereocenters. The summed E-state index contributed by atoms with van der Waals surface area (Å²) in [5.41, 5.74) is 1.23. The van der Waals surface area contributed by atoms with Gasteiger partial charge < -0.3 is 10.1 Å². The van der Waals surface area contributed by atoms with Gasteiger partial charge in [-0.3, -0.25) is 9.36 Å². The molecule has 1 N–H and O–H groups in total. The van der Waals surface area contributed by atoms with Crippen molar-refractivity contribution in [2.45, 2.75) is 52.6 Å². The van der Waals surface area contributed by atoms with Gasteiger partial charge in [-0.05, 0) is 52.1 Å². The van der Waals surface area contributed by atoms with Crippen LogP contribution in [0.3, 0.4) is 0 Å². The van der Waals surface area contributed by atoms with E-state index in [1.54, 1.807) is 11.3 Å². The molecule has 126 valence electrons. The fraction of sp³-hybridized carbons (Fsp3) is 0.647. The van der Waals surface area contributed by atoms with Crippen LogP contribution in [0.5, 0.6) is 0 Å². The van der Waals surface area contributed by atoms with Crippen molar-refractivity contribution in [3.05, 3.63) is 26.6 Å². The largest absolute Gasteiger partial charge is 0.382 e. The van der Waals surface area contributed by atoms with Gasteiger partial charge in [-0.2, -0.15) is 0 Å². The van der Waals surface area contributed by atoms with E-state index in [0.29, 0.717) is 12.6 Å². The molecule has 0 bridgehead atoms. The Kier molecular flexibility index (Phi) is 5.14. The van der Waals surface area contributed by atoms with E-state index in [9.17, 15) is 4.79 Å². The number of aryl methyl sites for hydroxylation is 2. The molecule has 1 aliphatic carbocycles. The Hall–Kier alpha value is -1.24. The van der Waals surface area contributed by atoms with Gasteiger partial charge in [0.25, 0.3) is 5.56 Å². The zero-order valence-corrected chi connectivity index (χ0v) is 15.0. The molecule has 2 aromatic rings. The van der Waals surface area contributed by atoms with Crippen molar-refractivity contribution < 1.29 is 4.74 Å². The number of hydrogen-bond acceptors (Lipinski definition) is 5. The van der Waals surface area contributed by atoms with Crippen LogP contribution < -0.4 is 10.9 Å². The molecule has 1 saturated carbocycles. The van der Waals surface area contributed by atoms with Crippen LogP contribution in [0.25, 0.3) is 10.2 Å². The average molecular weight is 335 g/mol. The molecule has 1 fully saturated rings. The summed E-state index contributed by atoms with van der Waals surface area (Å²) < 4.78 is 7.27. The summed E-state index contributed by atoms with van der Waals surface area (Å²) in [6.07, 6.45) is 3.15. The van der Waals surface area contributed by atoms with Crippen LogP contribution in [0, 0.1) is 13.8 Å². The molecule has 5 nitrogen and oxygen atoms in total. The molecular formula is C17H25N3O2S. The lowest BCUT2D eigenvalue weighted by Gasteiger charge is -2.12. The van der Waals surface area contributed by atoms with Gasteiger partial charge in [-0.15, -0.1) is 11.3 Å². The minimum absolute atomic E-state index is 0.144. The second-order valence-corrected chi connectivity index (χ2v) is 7.33. The minimum atomic E-state index is 0.144. The van der Waals surface area contributed by atoms with Crippen molar-refractivity contribution in [2.75, 3.05) is 19.8 Å². The molecule has 0 aliphatic heterocycles. The van der Waals surface area contributed by atoms with Crippen molar-refractivity contribution >= 4 is 21.6 Å². The van der Waals surface area contributed by atoms with E-state index >= 15 is 0 Å². The highest BCUT2D eigenvalue weighted by molar-refractivity contribution is 7.18. The van der Waals surface area contributed by atoms with Crippen molar-refractivity contribution in [3.8, 4) is 0 Å². The molecule has 3 rings (SSSR count). The molecule has 0 spiro atoms. The van der Waals surface area contributed by atoms with Gasteiger partial charge in [-0.25, -0.2) is 4.98 Å². The molecule has 0 atom stereocenters. The van der Waals surface area contributed by atoms with E-state index in [2.05, 4.69) is 12.2 Å². The molecular weight excluding hydrogens is 310 g/mol. The molecule has 0 aromatic carbocycles. The van der Waals surface area contributed by atoms with Gasteiger partial charge in [0.1, 0.15) is 10.7 Å². The number of thiophene rings is 1. The Morgan fingerprint density at radius 3 is 2.87 bits per heavy atom. The van der Waals surface area contributed by atoms with Gasteiger partial charge in [-0.1, -0.05) is 0 Å². The van der Waals surface area contributed by atoms with E-state index in [1.807, 2.05) is 18.4 Å². The Balaban J connectivity index is 1.81. The van der Waals surface area contributed by atoms with Crippen molar-refractivity contribution in [2.24, 2.45) is 0 Å². The Morgan fingerprint density at radius 1 is 1.39 bits per heavy atom. The van der Waals surface area contributed by atoms with E-state index in [0.717, 1.165) is 60.6 Å². The Bertz CT molecular complexity index is 746. The minimum Gasteiger partial charge on any atom is -0.382 e. The van der Waals surface area contributed by atoms with Gasteiger partial charge in [0.15, 0.2) is 0 Å². The lowest BCUT2D eigenvalue weighted by molar-refractivity contribution is 0.144. The summed E-state index contributed by atoms with van der Waals surface area (Å²) >= 11 is 1.63. The number of rotatable bonds is 8. The van der Waals surface area contributed by atoms with E-state index in [-0.39, 0.29) is 5.56 Å². The van der Waals surface area contributed by atoms with Gasteiger partial charge in [0, 0.05) is 24.1 Å². The smallest absolute Gasteiger partial charge is 0.262 e. The summed E-state index contributed by atoms with van der Waals surface area (Å²) in [7, 11) is 0. The second kappa shape index (κ2) is 7.11. The van der Waals surface area contributed by atoms with Crippen molar-refractivity contribution in [3.63, 3.8) is 0 Å². The third-order valence-corrected chi connectivity index (χ3v) is 5.45. The summed E-state index contributed by atoms with van der Waals surface area (Å²) in [5.74, 6) is 0.877. The van der Waals surface area contributed by atoms with Crippen LogP contribution in [0.2, 0.25) is 0 Å². The number of ether oxygens (including phenoxy) is 1. The first-order chi connectivity index (χ1) is 11.1. The molecule has 6 heteroatoms. The molecule has 0 amide bonds. The number of aromatic nitrogens is 2. The highest BCUT2D eigenvalue weighted by Crippen LogP contribution is 2.36. The average Bonchev–Trinajstić information content (AvgIpc) is 3.30. The van der Waals surface area contributed by atoms with Crippen LogP contribution in [-0.2, 0) is 11.3 Å². The normalized spacial score (nSPS) is 14.7. The summed E-state index contributed by atoms with van der Waals surface area (Å²) in [6.45, 7) is 9.15. The zero-order chi connectivity index (χ0) is 16.4. The zero-order valence-electron chi connectivity index (χ0n) is 14.1. The SMILES string of the molecule is CCOCCCNCc1nc2sc(C)c(C)c2c(=O)n1C1CC1. The summed E-state index contributed by atoms with van der Waals surface area (Å²) in [5, 5.41) is 4.22. The van der Waals surface area contributed by atoms with Gasteiger partial charge >= 0.3 is 0 Å². The number of fused-ring (bicyclic) bond motifs is 1. The van der Waals surface area contributed by atoms with Crippen LogP contribution >= 0.6 is 11.3 Å². The summed E-state index contributed by atoms with van der Waals surface area (Å²) in [4.78, 5) is 19.8. The molecule has 0 saturated heterocycles. The van der Waals surface area contributed by atoms with Crippen LogP contribution in [0.1, 0.15) is 48.5 Å². The van der Waals surface area contributed by atoms with E-state index < -0.39 is 0 Å². The third kappa shape index (κ3) is 3.49. The van der Waals surface area contributed by atoms with E-state index in [4.69, 9.17) is 9.72 Å². The number of nitrogens with one attached hydrogen (secondary N) is 1. The quantitative estimate of drug-likeness (QED) is 0.754. The molecule has 2 heterocycles. The monoisotopic (exact) mass is 335 g/mol. The first-order valence-corrected chi connectivity index (χ1v) is 9.24. The lowest BCUT2D eigenvalue weighted by atomic mass is 10.2. The highest BCUT2D eigenvalue weighted by Gasteiger charge is 2.29. The lowest BCUT2D eigenvalue weighted by Crippen LogP contribution is -2.28. The van der Waals surface area contributed by atoms with Crippen LogP contribution in [0.15, 0.2) is 4.79 Å². The van der Waals surface area contributed by atoms with Crippen LogP contribution in [-0.4, -0.2) is 29.3 Å². The van der Waals surface area contributed by atoms with Gasteiger partial charge in [0.05, 0.1) is 11.9 Å². The fourth-order valence-corrected chi connectivity index (χ4v) is 3.86. The maximum atomic E-state index is 12.9. The third-order valence-electron chi connectivity index (χ3n) is 4.35. The standard InChI is InChI=1S/C17H25N3O2S/c1-4-22-9-5-8-18-10-14-19-16-15(11(2)12(3)23-16)17(21)20(14)13-6-7-13/h13,18H,4-10H2,1-3H3. The molecule has 23 heavy (non-hydrogen) atoms. The first kappa shape index (κ1) is 16.6. The fourth-order valence-electron chi connectivity index (χ4n) is 2.83. The first-order valence-electron chi connectivity index (χ1n) is 8.43. The molecule has 2 aromatic heterocycles. The predicted octanol–water partition coefficient (Wildman–Crippen LogP) is 2.93. The predicted molar refractivity (Wildman–Crippen MR) is 94.4 cm³/mol. The van der Waals surface area contributed by atoms with Gasteiger partial charge in [0.2, 0.25) is 0 Å². The second-order valence-electron chi connectivity index (χ2n) is 6.13. The summed E-state index contributed by atoms with van der Waals surface area (Å²) in [6, 6.07) is 0.347. The molecule has 1 aliphatic rings. The van der Waals surface area contributed by atoms with E-state index in [1.165, 1.54) is 4.88 Å². The highest BCUT2D eigenvalue weighted by atomic mass is 32.1. The molecule has 0 radical (unpaired) electrons. The van der Waals surface area contributed by atoms with Crippen molar-refractivity contribution in [1.29, 1.82) is 0 Å². The number of nitrogens with zero attached hydrogens (tertiary/aromatic N) is 2. The van der Waals surface area contributed by atoms with Crippen molar-refractivity contribution in [1.82, 2.24) is 14.9 Å². The maximum Gasteiger partial charge on any atom is 0.262 e. The topological polar surface area (TPSA) is 56.1 Å². The van der Waals surface area contributed by atoms with Crippen LogP contribution in [0.4, 0.5) is 0 Å². The number of hydrogen-bond donors (Lipinski definition) is 1. The Morgan fingerprint density at radius 2 is 2.17 bits per heavy atom. The Labute approximate surface area is 140 Å².